The summed E-state index contributed by atoms with van der Waals surface area (Å²) in [6.45, 7) is 10.1. The highest BCUT2D eigenvalue weighted by molar-refractivity contribution is 6.91. The Bertz CT molecular complexity index is 688. The minimum absolute atomic E-state index is 0.0636. The molecule has 1 saturated heterocycles. The molecule has 0 saturated carbocycles. The normalized spacial score (nSPS) is 25.8. The average Bonchev–Trinajstić information content (AvgIpc) is 2.78. The maximum atomic E-state index is 12.3. The fourth-order valence-electron chi connectivity index (χ4n) is 2.60. The van der Waals surface area contributed by atoms with E-state index in [2.05, 4.69) is 38.8 Å². The van der Waals surface area contributed by atoms with E-state index in [9.17, 15) is 19.8 Å². The van der Waals surface area contributed by atoms with Crippen molar-refractivity contribution in [3.05, 3.63) is 27.0 Å². The van der Waals surface area contributed by atoms with Crippen LogP contribution in [0.4, 0.5) is 0 Å². The predicted molar refractivity (Wildman–Crippen MR) is 89.8 cm³/mol. The van der Waals surface area contributed by atoms with Gasteiger partial charge in [0, 0.05) is 17.8 Å². The van der Waals surface area contributed by atoms with Gasteiger partial charge in [0.2, 0.25) is 0 Å². The number of hydrogen-bond acceptors (Lipinski definition) is 5. The molecule has 8 heteroatoms. The first-order valence-corrected chi connectivity index (χ1v) is 10.8. The molecule has 0 aliphatic carbocycles. The summed E-state index contributed by atoms with van der Waals surface area (Å²) in [4.78, 5) is 26.8. The van der Waals surface area contributed by atoms with Crippen molar-refractivity contribution in [2.75, 3.05) is 6.61 Å². The lowest BCUT2D eigenvalue weighted by Gasteiger charge is -2.36. The number of hydrogen-bond donors (Lipinski definition) is 3. The van der Waals surface area contributed by atoms with Crippen molar-refractivity contribution in [3.63, 3.8) is 0 Å². The van der Waals surface area contributed by atoms with Gasteiger partial charge in [-0.2, -0.15) is 0 Å². The van der Waals surface area contributed by atoms with Crippen molar-refractivity contribution in [2.45, 2.75) is 63.8 Å². The quantitative estimate of drug-likeness (QED) is 0.665. The monoisotopic (exact) mass is 342 g/mol. The molecule has 0 radical (unpaired) electrons. The van der Waals surface area contributed by atoms with Gasteiger partial charge in [0.05, 0.1) is 20.8 Å². The molecule has 0 aromatic carbocycles. The van der Waals surface area contributed by atoms with Crippen LogP contribution in [0.1, 0.15) is 33.4 Å². The number of aliphatic hydroxyl groups excluding tert-OH is 2. The molecule has 1 aliphatic heterocycles. The second-order valence-electron chi connectivity index (χ2n) is 7.70. The summed E-state index contributed by atoms with van der Waals surface area (Å²) in [5.74, 6) is 0. The fourth-order valence-corrected chi connectivity index (χ4v) is 4.50. The second-order valence-corrected chi connectivity index (χ2v) is 13.0. The van der Waals surface area contributed by atoms with Gasteiger partial charge in [-0.25, -0.2) is 4.79 Å². The van der Waals surface area contributed by atoms with Crippen LogP contribution in [-0.2, 0) is 4.74 Å². The number of aromatic nitrogens is 2. The van der Waals surface area contributed by atoms with Crippen LogP contribution in [0.3, 0.4) is 0 Å². The minimum Gasteiger partial charge on any atom is -0.394 e. The van der Waals surface area contributed by atoms with Gasteiger partial charge in [-0.05, 0) is 5.04 Å². The topological polar surface area (TPSA) is 105 Å². The number of nitrogens with one attached hydrogen (secondary N) is 1. The molecular weight excluding hydrogens is 316 g/mol. The molecule has 0 bridgehead atoms. The third kappa shape index (κ3) is 3.21. The van der Waals surface area contributed by atoms with Crippen molar-refractivity contribution in [3.8, 4) is 0 Å². The van der Waals surface area contributed by atoms with Crippen molar-refractivity contribution in [1.29, 1.82) is 0 Å². The lowest BCUT2D eigenvalue weighted by atomic mass is 10.2. The van der Waals surface area contributed by atoms with Gasteiger partial charge in [0.15, 0.2) is 0 Å². The van der Waals surface area contributed by atoms with Gasteiger partial charge in [-0.3, -0.25) is 14.3 Å². The highest BCUT2D eigenvalue weighted by Gasteiger charge is 2.41. The highest BCUT2D eigenvalue weighted by Crippen LogP contribution is 2.35. The van der Waals surface area contributed by atoms with E-state index in [0.717, 1.165) is 0 Å². The van der Waals surface area contributed by atoms with Crippen LogP contribution in [0, 0.1) is 0 Å². The third-order valence-electron chi connectivity index (χ3n) is 5.21. The van der Waals surface area contributed by atoms with Crippen molar-refractivity contribution in [1.82, 2.24) is 9.55 Å². The van der Waals surface area contributed by atoms with E-state index in [1.165, 1.54) is 4.57 Å². The number of aromatic amines is 1. The second kappa shape index (κ2) is 6.01. The summed E-state index contributed by atoms with van der Waals surface area (Å²) >= 11 is 0. The summed E-state index contributed by atoms with van der Waals surface area (Å²) < 4.78 is 6.87. The molecule has 1 aromatic rings. The Morgan fingerprint density at radius 3 is 2.48 bits per heavy atom. The average molecular weight is 342 g/mol. The van der Waals surface area contributed by atoms with Gasteiger partial charge in [-0.1, -0.05) is 33.9 Å². The molecule has 1 aliphatic rings. The van der Waals surface area contributed by atoms with Crippen LogP contribution < -0.4 is 16.4 Å². The number of aliphatic hydroxyl groups is 2. The molecule has 23 heavy (non-hydrogen) atoms. The van der Waals surface area contributed by atoms with Crippen LogP contribution in [0.25, 0.3) is 0 Å². The van der Waals surface area contributed by atoms with Gasteiger partial charge < -0.3 is 14.9 Å². The molecule has 0 unspecified atom stereocenters. The Balaban J connectivity index is 2.51. The Hall–Kier alpha value is -1.22. The lowest BCUT2D eigenvalue weighted by molar-refractivity contribution is -0.0458. The summed E-state index contributed by atoms with van der Waals surface area (Å²) in [6.07, 6.45) is -0.450. The fraction of sp³-hybridized carbons (Fsp3) is 0.733. The Morgan fingerprint density at radius 2 is 2.00 bits per heavy atom. The number of ether oxygens (including phenoxy) is 1. The largest absolute Gasteiger partial charge is 0.394 e. The zero-order valence-corrected chi connectivity index (χ0v) is 15.3. The summed E-state index contributed by atoms with van der Waals surface area (Å²) in [6, 6.07) is 0. The Kier molecular flexibility index (Phi) is 4.73. The predicted octanol–water partition coefficient (Wildman–Crippen LogP) is -0.107. The first kappa shape index (κ1) is 18.1. The number of nitrogens with zero attached hydrogens (tertiary/aromatic N) is 1. The van der Waals surface area contributed by atoms with Crippen molar-refractivity contribution < 1.29 is 14.9 Å². The van der Waals surface area contributed by atoms with Gasteiger partial charge in [-0.15, -0.1) is 0 Å². The molecule has 7 nitrogen and oxygen atoms in total. The molecule has 0 amide bonds. The van der Waals surface area contributed by atoms with Crippen LogP contribution in [0.5, 0.6) is 0 Å². The van der Waals surface area contributed by atoms with Gasteiger partial charge in [0.1, 0.15) is 12.3 Å². The maximum Gasteiger partial charge on any atom is 0.330 e. The Labute approximate surface area is 135 Å². The summed E-state index contributed by atoms with van der Waals surface area (Å²) in [5.41, 5.74) is -0.914. The van der Waals surface area contributed by atoms with Gasteiger partial charge in [0.25, 0.3) is 5.56 Å². The van der Waals surface area contributed by atoms with E-state index in [1.54, 1.807) is 6.20 Å². The minimum atomic E-state index is -2.14. The van der Waals surface area contributed by atoms with E-state index in [-0.39, 0.29) is 23.6 Å². The highest BCUT2D eigenvalue weighted by atomic mass is 28.3. The maximum absolute atomic E-state index is 12.3. The standard InChI is InChI=1S/C15H26N2O5Si/c1-15(2,3)23(4,5)11-7-17(14(21)16-13(11)20)12-6-9(19)10(8-18)22-12/h7,9-10,12,18-19H,6,8H2,1-5H3,(H,16,20,21)/t9-,10+,12+/m0/s1. The molecule has 3 atom stereocenters. The molecule has 0 spiro atoms. The smallest absolute Gasteiger partial charge is 0.330 e. The van der Waals surface area contributed by atoms with Crippen LogP contribution >= 0.6 is 0 Å². The van der Waals surface area contributed by atoms with Crippen LogP contribution in [-0.4, -0.2) is 46.7 Å². The molecule has 3 N–H and O–H groups in total. The van der Waals surface area contributed by atoms with Gasteiger partial charge >= 0.3 is 5.69 Å². The van der Waals surface area contributed by atoms with Crippen molar-refractivity contribution in [2.24, 2.45) is 0 Å². The van der Waals surface area contributed by atoms with Crippen molar-refractivity contribution >= 4 is 13.3 Å². The number of H-pyrrole nitrogens is 1. The summed E-state index contributed by atoms with van der Waals surface area (Å²) in [5, 5.41) is 19.6. The van der Waals surface area contributed by atoms with E-state index >= 15 is 0 Å². The molecular formula is C15H26N2O5Si. The number of rotatable bonds is 3. The van der Waals surface area contributed by atoms with Crippen LogP contribution in [0.15, 0.2) is 15.8 Å². The molecule has 2 rings (SSSR count). The third-order valence-corrected chi connectivity index (χ3v) is 10.7. The zero-order chi connectivity index (χ0) is 17.6. The van der Waals surface area contributed by atoms with E-state index < -0.39 is 32.2 Å². The summed E-state index contributed by atoms with van der Waals surface area (Å²) in [7, 11) is -2.14. The molecule has 1 fully saturated rings. The SMILES string of the molecule is CC(C)(C)[Si](C)(C)c1cn([C@H]2C[C@H](O)[C@@H](CO)O2)c(=O)[nH]c1=O. The zero-order valence-electron chi connectivity index (χ0n) is 14.3. The van der Waals surface area contributed by atoms with Crippen LogP contribution in [0.2, 0.25) is 18.1 Å². The molecule has 1 aromatic heterocycles. The van der Waals surface area contributed by atoms with E-state index in [4.69, 9.17) is 4.74 Å². The molecule has 130 valence electrons. The first-order valence-electron chi connectivity index (χ1n) is 7.79. The Morgan fingerprint density at radius 1 is 1.39 bits per heavy atom. The van der Waals surface area contributed by atoms with E-state index in [1.807, 2.05) is 0 Å². The lowest BCUT2D eigenvalue weighted by Crippen LogP contribution is -2.58. The first-order chi connectivity index (χ1) is 10.5. The van der Waals surface area contributed by atoms with E-state index in [0.29, 0.717) is 5.19 Å². The molecule has 2 heterocycles.